The molecule has 0 fully saturated rings. The van der Waals surface area contributed by atoms with Crippen molar-refractivity contribution in [1.29, 1.82) is 0 Å². The molecule has 12 aromatic rings. The molecule has 0 bridgehead atoms. The molecule has 10 aromatic carbocycles. The third kappa shape index (κ3) is 6.40. The van der Waals surface area contributed by atoms with Crippen LogP contribution in [0.4, 0.5) is 0 Å². The maximum Gasteiger partial charge on any atom is 0.0541 e. The van der Waals surface area contributed by atoms with Crippen LogP contribution in [-0.2, 0) is 5.41 Å². The molecule has 2 nitrogen and oxygen atoms in total. The van der Waals surface area contributed by atoms with E-state index in [2.05, 4.69) is 266 Å². The predicted octanol–water partition coefficient (Wildman–Crippen LogP) is 17.4. The molecule has 0 N–H and O–H groups in total. The minimum Gasteiger partial charge on any atom is -0.309 e. The number of hydrogen-bond acceptors (Lipinski definition) is 0. The predicted molar refractivity (Wildman–Crippen MR) is 284 cm³/mol. The van der Waals surface area contributed by atoms with Crippen molar-refractivity contribution in [2.24, 2.45) is 0 Å². The van der Waals surface area contributed by atoms with E-state index in [1.807, 2.05) is 0 Å². The molecule has 1 aliphatic carbocycles. The summed E-state index contributed by atoms with van der Waals surface area (Å²) in [5.41, 5.74) is 22.3. The van der Waals surface area contributed by atoms with Gasteiger partial charge in [0.2, 0.25) is 0 Å². The Bertz CT molecular complexity index is 3900. The smallest absolute Gasteiger partial charge is 0.0541 e. The van der Waals surface area contributed by atoms with Crippen molar-refractivity contribution in [3.8, 4) is 55.9 Å². The van der Waals surface area contributed by atoms with E-state index in [1.165, 1.54) is 122 Å². The second-order valence-corrected chi connectivity index (χ2v) is 18.6. The zero-order chi connectivity index (χ0) is 44.6. The van der Waals surface area contributed by atoms with E-state index in [0.29, 0.717) is 0 Å². The summed E-state index contributed by atoms with van der Waals surface area (Å²) < 4.78 is 4.75. The molecule has 0 radical (unpaired) electrons. The van der Waals surface area contributed by atoms with Gasteiger partial charge in [-0.1, -0.05) is 184 Å². The zero-order valence-corrected chi connectivity index (χ0v) is 37.5. The van der Waals surface area contributed by atoms with Crippen molar-refractivity contribution in [3.05, 3.63) is 253 Å². The van der Waals surface area contributed by atoms with Gasteiger partial charge in [-0.05, 0) is 140 Å². The van der Waals surface area contributed by atoms with E-state index in [4.69, 9.17) is 0 Å². The highest BCUT2D eigenvalue weighted by Gasteiger charge is 2.36. The molecule has 1 aliphatic rings. The van der Waals surface area contributed by atoms with Crippen LogP contribution in [0.5, 0.6) is 0 Å². The monoisotopic (exact) mass is 854 g/mol. The van der Waals surface area contributed by atoms with Crippen molar-refractivity contribution in [1.82, 2.24) is 9.13 Å². The molecule has 0 amide bonds. The van der Waals surface area contributed by atoms with Gasteiger partial charge in [-0.15, -0.1) is 0 Å². The highest BCUT2D eigenvalue weighted by molar-refractivity contribution is 6.11. The quantitative estimate of drug-likeness (QED) is 0.141. The first-order valence-corrected chi connectivity index (χ1v) is 23.3. The molecule has 0 atom stereocenters. The summed E-state index contributed by atoms with van der Waals surface area (Å²) in [6.07, 6.45) is 4.42. The average Bonchev–Trinajstić information content (AvgIpc) is 3.98. The van der Waals surface area contributed by atoms with Gasteiger partial charge in [0.05, 0.1) is 22.1 Å². The Kier molecular flexibility index (Phi) is 8.91. The van der Waals surface area contributed by atoms with E-state index in [0.717, 1.165) is 0 Å². The topological polar surface area (TPSA) is 9.86 Å². The number of nitrogens with zero attached hydrogens (tertiary/aromatic N) is 2. The highest BCUT2D eigenvalue weighted by atomic mass is 15.0. The summed E-state index contributed by atoms with van der Waals surface area (Å²) >= 11 is 0. The van der Waals surface area contributed by atoms with Gasteiger partial charge in [0.25, 0.3) is 0 Å². The molecular weight excluding hydrogens is 809 g/mol. The van der Waals surface area contributed by atoms with Crippen LogP contribution in [0, 0.1) is 0 Å². The average molecular weight is 855 g/mol. The maximum atomic E-state index is 2.44. The minimum atomic E-state index is -0.141. The third-order valence-corrected chi connectivity index (χ3v) is 14.3. The molecule has 0 saturated heterocycles. The fourth-order valence-corrected chi connectivity index (χ4v) is 10.9. The molecule has 2 aromatic heterocycles. The van der Waals surface area contributed by atoms with E-state index in [1.54, 1.807) is 0 Å². The summed E-state index contributed by atoms with van der Waals surface area (Å²) in [6.45, 7) is 4.76. The summed E-state index contributed by atoms with van der Waals surface area (Å²) in [7, 11) is 0. The van der Waals surface area contributed by atoms with Crippen LogP contribution >= 0.6 is 0 Å². The Labute approximate surface area is 391 Å². The molecule has 0 aliphatic heterocycles. The summed E-state index contributed by atoms with van der Waals surface area (Å²) in [6, 6.07) is 84.6. The van der Waals surface area contributed by atoms with Gasteiger partial charge in [0, 0.05) is 38.3 Å². The number of benzene rings is 10. The van der Waals surface area contributed by atoms with Crippen LogP contribution in [0.15, 0.2) is 231 Å². The van der Waals surface area contributed by atoms with Gasteiger partial charge >= 0.3 is 0 Å². The number of rotatable bonds is 7. The van der Waals surface area contributed by atoms with Crippen LogP contribution in [0.3, 0.4) is 0 Å². The van der Waals surface area contributed by atoms with Crippen molar-refractivity contribution in [3.63, 3.8) is 0 Å². The second-order valence-electron chi connectivity index (χ2n) is 18.6. The van der Waals surface area contributed by atoms with Crippen molar-refractivity contribution >= 4 is 55.8 Å². The second kappa shape index (κ2) is 15.3. The van der Waals surface area contributed by atoms with Crippen LogP contribution < -0.4 is 0 Å². The van der Waals surface area contributed by atoms with Gasteiger partial charge in [0.1, 0.15) is 0 Å². The molecule has 0 spiro atoms. The largest absolute Gasteiger partial charge is 0.309 e. The normalized spacial score (nSPS) is 13.0. The minimum absolute atomic E-state index is 0.141. The van der Waals surface area contributed by atoms with Crippen LogP contribution in [0.2, 0.25) is 0 Å². The van der Waals surface area contributed by atoms with Gasteiger partial charge in [-0.3, -0.25) is 0 Å². The zero-order valence-electron chi connectivity index (χ0n) is 37.5. The fourth-order valence-electron chi connectivity index (χ4n) is 10.9. The molecular formula is C65H46N2. The summed E-state index contributed by atoms with van der Waals surface area (Å²) in [4.78, 5) is 0. The number of para-hydroxylation sites is 4. The first kappa shape index (κ1) is 39.0. The fraction of sp³-hybridized carbons (Fsp3) is 0.0462. The lowest BCUT2D eigenvalue weighted by Gasteiger charge is -2.22. The molecule has 13 rings (SSSR count). The van der Waals surface area contributed by atoms with Crippen LogP contribution in [0.25, 0.3) is 112 Å². The standard InChI is InChI=1S/C65H46N2/c1-65(2)59-41-49(31-35-53(59)54-36-32-50(42-60(54)65)48-34-38-64-58(40-48)56-18-10-12-20-62(56)67(64)52-15-7-4-8-16-52)46-29-25-44(26-30-46)22-21-43-23-27-45(28-24-43)47-33-37-63-57(39-47)55-17-9-11-19-61(55)66(63)51-13-5-3-6-14-51/h3-42H,1-2H3. The first-order chi connectivity index (χ1) is 33.0. The molecule has 316 valence electrons. The Morgan fingerprint density at radius 2 is 0.642 bits per heavy atom. The lowest BCUT2D eigenvalue weighted by molar-refractivity contribution is 0.661. The summed E-state index contributed by atoms with van der Waals surface area (Å²) in [5, 5.41) is 5.08. The van der Waals surface area contributed by atoms with Gasteiger partial charge in [-0.25, -0.2) is 0 Å². The van der Waals surface area contributed by atoms with E-state index in [9.17, 15) is 0 Å². The maximum absolute atomic E-state index is 2.44. The molecule has 2 heteroatoms. The number of hydrogen-bond donors (Lipinski definition) is 0. The number of fused-ring (bicyclic) bond motifs is 9. The van der Waals surface area contributed by atoms with Crippen LogP contribution in [-0.4, -0.2) is 9.13 Å². The number of aromatic nitrogens is 2. The Hall–Kier alpha value is -8.46. The van der Waals surface area contributed by atoms with Gasteiger partial charge in [0.15, 0.2) is 0 Å². The Morgan fingerprint density at radius 1 is 0.299 bits per heavy atom. The van der Waals surface area contributed by atoms with Gasteiger partial charge < -0.3 is 9.13 Å². The molecule has 0 unspecified atom stereocenters. The Morgan fingerprint density at radius 3 is 1.10 bits per heavy atom. The van der Waals surface area contributed by atoms with E-state index < -0.39 is 0 Å². The Balaban J connectivity index is 0.738. The van der Waals surface area contributed by atoms with Crippen molar-refractivity contribution in [2.45, 2.75) is 19.3 Å². The lowest BCUT2D eigenvalue weighted by atomic mass is 9.81. The first-order valence-electron chi connectivity index (χ1n) is 23.3. The highest BCUT2D eigenvalue weighted by Crippen LogP contribution is 2.51. The lowest BCUT2D eigenvalue weighted by Crippen LogP contribution is -2.15. The van der Waals surface area contributed by atoms with E-state index >= 15 is 0 Å². The molecule has 2 heterocycles. The van der Waals surface area contributed by atoms with Crippen molar-refractivity contribution < 1.29 is 0 Å². The third-order valence-electron chi connectivity index (χ3n) is 14.3. The van der Waals surface area contributed by atoms with Gasteiger partial charge in [-0.2, -0.15) is 0 Å². The summed E-state index contributed by atoms with van der Waals surface area (Å²) in [5.74, 6) is 0. The van der Waals surface area contributed by atoms with Crippen LogP contribution in [0.1, 0.15) is 36.1 Å². The molecule has 0 saturated carbocycles. The van der Waals surface area contributed by atoms with Crippen molar-refractivity contribution in [2.75, 3.05) is 0 Å². The molecule has 67 heavy (non-hydrogen) atoms. The SMILES string of the molecule is CC1(C)c2cc(-c3ccc(C=Cc4ccc(-c5ccc6c(c5)c5ccccc5n6-c5ccccc5)cc4)cc3)ccc2-c2ccc(-c3ccc4c(c3)c3ccccc3n4-c3ccccc3)cc21. The van der Waals surface area contributed by atoms with E-state index in [-0.39, 0.29) is 5.41 Å².